The number of hydrogen-bond acceptors (Lipinski definition) is 4. The predicted molar refractivity (Wildman–Crippen MR) is 115 cm³/mol. The number of aliphatic hydroxyl groups excluding tert-OH is 1. The summed E-state index contributed by atoms with van der Waals surface area (Å²) in [5.41, 5.74) is 3.14. The standard InChI is InChI=1S/C21H23ClN2O4S/c1-13-4-5-15(3)20-18(13)10-16(21(26)23-20)12-24(8-9-25)29(27,28)19-11-17(22)7-6-14(19)2/h4-7,10-11,25H,8-9,12H2,1-3H3,(H,23,26). The minimum atomic E-state index is -3.97. The minimum absolute atomic E-state index is 0.0580. The van der Waals surface area contributed by atoms with Crippen LogP contribution >= 0.6 is 11.6 Å². The Morgan fingerprint density at radius 1 is 1.03 bits per heavy atom. The molecule has 8 heteroatoms. The van der Waals surface area contributed by atoms with E-state index in [0.29, 0.717) is 16.1 Å². The Morgan fingerprint density at radius 3 is 2.38 bits per heavy atom. The molecule has 0 aliphatic rings. The molecular formula is C21H23ClN2O4S. The Balaban J connectivity index is 2.10. The van der Waals surface area contributed by atoms with E-state index < -0.39 is 10.0 Å². The molecule has 0 radical (unpaired) electrons. The normalized spacial score (nSPS) is 12.1. The minimum Gasteiger partial charge on any atom is -0.395 e. The molecule has 0 aliphatic carbocycles. The van der Waals surface area contributed by atoms with Gasteiger partial charge in [-0.1, -0.05) is 29.8 Å². The quantitative estimate of drug-likeness (QED) is 0.622. The maximum Gasteiger partial charge on any atom is 0.252 e. The van der Waals surface area contributed by atoms with Gasteiger partial charge in [-0.05, 0) is 55.7 Å². The van der Waals surface area contributed by atoms with E-state index in [0.717, 1.165) is 26.3 Å². The van der Waals surface area contributed by atoms with Crippen LogP contribution in [0.2, 0.25) is 5.02 Å². The number of aromatic amines is 1. The average Bonchev–Trinajstić information content (AvgIpc) is 2.67. The zero-order chi connectivity index (χ0) is 21.3. The molecule has 2 N–H and O–H groups in total. The summed E-state index contributed by atoms with van der Waals surface area (Å²) >= 11 is 6.00. The van der Waals surface area contributed by atoms with E-state index in [2.05, 4.69) is 4.98 Å². The van der Waals surface area contributed by atoms with Crippen molar-refractivity contribution in [2.24, 2.45) is 0 Å². The second-order valence-electron chi connectivity index (χ2n) is 7.08. The number of hydrogen-bond donors (Lipinski definition) is 2. The molecule has 0 spiro atoms. The Morgan fingerprint density at radius 2 is 1.69 bits per heavy atom. The van der Waals surface area contributed by atoms with Crippen molar-refractivity contribution in [2.45, 2.75) is 32.2 Å². The summed E-state index contributed by atoms with van der Waals surface area (Å²) in [6.45, 7) is 4.84. The van der Waals surface area contributed by atoms with Gasteiger partial charge in [0.1, 0.15) is 0 Å². The summed E-state index contributed by atoms with van der Waals surface area (Å²) in [5, 5.41) is 10.6. The highest BCUT2D eigenvalue weighted by atomic mass is 35.5. The van der Waals surface area contributed by atoms with Gasteiger partial charge in [-0.2, -0.15) is 4.31 Å². The van der Waals surface area contributed by atoms with Gasteiger partial charge in [0.25, 0.3) is 5.56 Å². The maximum absolute atomic E-state index is 13.2. The number of nitrogens with zero attached hydrogens (tertiary/aromatic N) is 1. The van der Waals surface area contributed by atoms with Gasteiger partial charge in [0.15, 0.2) is 0 Å². The molecule has 0 amide bonds. The third-order valence-corrected chi connectivity index (χ3v) is 7.21. The van der Waals surface area contributed by atoms with Gasteiger partial charge in [0.05, 0.1) is 17.0 Å². The van der Waals surface area contributed by atoms with Crippen LogP contribution < -0.4 is 5.56 Å². The fourth-order valence-electron chi connectivity index (χ4n) is 3.31. The second-order valence-corrected chi connectivity index (χ2v) is 9.43. The van der Waals surface area contributed by atoms with Gasteiger partial charge in [-0.25, -0.2) is 8.42 Å². The monoisotopic (exact) mass is 434 g/mol. The molecule has 3 rings (SSSR count). The lowest BCUT2D eigenvalue weighted by Gasteiger charge is -2.22. The molecule has 0 atom stereocenters. The van der Waals surface area contributed by atoms with Crippen LogP contribution in [0, 0.1) is 20.8 Å². The van der Waals surface area contributed by atoms with Gasteiger partial charge in [-0.15, -0.1) is 0 Å². The van der Waals surface area contributed by atoms with Crippen molar-refractivity contribution < 1.29 is 13.5 Å². The van der Waals surface area contributed by atoms with E-state index in [9.17, 15) is 18.3 Å². The molecule has 0 aliphatic heterocycles. The number of pyridine rings is 1. The van der Waals surface area contributed by atoms with Crippen LogP contribution in [0.1, 0.15) is 22.3 Å². The second kappa shape index (κ2) is 8.28. The Kier molecular flexibility index (Phi) is 6.14. The highest BCUT2D eigenvalue weighted by Gasteiger charge is 2.27. The first-order valence-electron chi connectivity index (χ1n) is 9.14. The molecule has 0 bridgehead atoms. The largest absolute Gasteiger partial charge is 0.395 e. The number of aryl methyl sites for hydroxylation is 3. The summed E-state index contributed by atoms with van der Waals surface area (Å²) in [4.78, 5) is 15.6. The highest BCUT2D eigenvalue weighted by Crippen LogP contribution is 2.25. The van der Waals surface area contributed by atoms with Gasteiger partial charge in [0, 0.05) is 29.1 Å². The summed E-state index contributed by atoms with van der Waals surface area (Å²) < 4.78 is 27.6. The van der Waals surface area contributed by atoms with E-state index in [1.54, 1.807) is 25.1 Å². The number of aliphatic hydroxyl groups is 1. The van der Waals surface area contributed by atoms with Gasteiger partial charge in [-0.3, -0.25) is 4.79 Å². The number of fused-ring (bicyclic) bond motifs is 1. The maximum atomic E-state index is 13.2. The lowest BCUT2D eigenvalue weighted by atomic mass is 10.0. The third-order valence-electron chi connectivity index (χ3n) is 4.98. The number of rotatable bonds is 6. The van der Waals surface area contributed by atoms with Crippen LogP contribution in [-0.4, -0.2) is 36.0 Å². The zero-order valence-electron chi connectivity index (χ0n) is 16.5. The zero-order valence-corrected chi connectivity index (χ0v) is 18.1. The lowest BCUT2D eigenvalue weighted by Crippen LogP contribution is -2.35. The fraction of sp³-hybridized carbons (Fsp3) is 0.286. The summed E-state index contributed by atoms with van der Waals surface area (Å²) in [6.07, 6.45) is 0. The Hall–Kier alpha value is -2.19. The number of H-pyrrole nitrogens is 1. The summed E-state index contributed by atoms with van der Waals surface area (Å²) in [7, 11) is -3.97. The molecule has 29 heavy (non-hydrogen) atoms. The van der Waals surface area contributed by atoms with Crippen molar-refractivity contribution in [3.8, 4) is 0 Å². The number of halogens is 1. The van der Waals surface area contributed by atoms with Crippen LogP contribution in [0.3, 0.4) is 0 Å². The van der Waals surface area contributed by atoms with Crippen LogP contribution in [0.5, 0.6) is 0 Å². The van der Waals surface area contributed by atoms with Gasteiger partial charge < -0.3 is 10.1 Å². The number of benzene rings is 2. The molecule has 3 aromatic rings. The topological polar surface area (TPSA) is 90.5 Å². The number of nitrogens with one attached hydrogen (secondary N) is 1. The molecule has 1 aromatic heterocycles. The molecule has 0 saturated heterocycles. The SMILES string of the molecule is Cc1ccc(Cl)cc1S(=O)(=O)N(CCO)Cc1cc2c(C)ccc(C)c2[nH]c1=O. The average molecular weight is 435 g/mol. The molecule has 6 nitrogen and oxygen atoms in total. The fourth-order valence-corrected chi connectivity index (χ4v) is 5.21. The molecule has 0 unspecified atom stereocenters. The van der Waals surface area contributed by atoms with E-state index in [1.807, 2.05) is 26.0 Å². The van der Waals surface area contributed by atoms with Crippen LogP contribution in [-0.2, 0) is 16.6 Å². The van der Waals surface area contributed by atoms with Gasteiger partial charge in [0.2, 0.25) is 10.0 Å². The first kappa shape index (κ1) is 21.5. The van der Waals surface area contributed by atoms with E-state index in [1.165, 1.54) is 6.07 Å². The summed E-state index contributed by atoms with van der Waals surface area (Å²) in [6, 6.07) is 10.2. The van der Waals surface area contributed by atoms with Crippen molar-refractivity contribution in [2.75, 3.05) is 13.2 Å². The van der Waals surface area contributed by atoms with Crippen molar-refractivity contribution in [1.82, 2.24) is 9.29 Å². The smallest absolute Gasteiger partial charge is 0.252 e. The Labute approximate surface area is 174 Å². The molecule has 1 heterocycles. The molecule has 0 saturated carbocycles. The van der Waals surface area contributed by atoms with Crippen molar-refractivity contribution in [1.29, 1.82) is 0 Å². The lowest BCUT2D eigenvalue weighted by molar-refractivity contribution is 0.250. The van der Waals surface area contributed by atoms with Crippen molar-refractivity contribution in [3.05, 3.63) is 74.0 Å². The highest BCUT2D eigenvalue weighted by molar-refractivity contribution is 7.89. The summed E-state index contributed by atoms with van der Waals surface area (Å²) in [5.74, 6) is 0. The van der Waals surface area contributed by atoms with E-state index in [4.69, 9.17) is 11.6 Å². The van der Waals surface area contributed by atoms with Crippen molar-refractivity contribution in [3.63, 3.8) is 0 Å². The predicted octanol–water partition coefficient (Wildman–Crippen LogP) is 3.29. The van der Waals surface area contributed by atoms with Crippen LogP contribution in [0.4, 0.5) is 0 Å². The van der Waals surface area contributed by atoms with E-state index in [-0.39, 0.29) is 30.2 Å². The molecule has 0 fully saturated rings. The van der Waals surface area contributed by atoms with Crippen LogP contribution in [0.25, 0.3) is 10.9 Å². The van der Waals surface area contributed by atoms with Gasteiger partial charge >= 0.3 is 0 Å². The molecule has 154 valence electrons. The number of sulfonamides is 1. The van der Waals surface area contributed by atoms with Crippen molar-refractivity contribution >= 4 is 32.5 Å². The first-order valence-corrected chi connectivity index (χ1v) is 11.0. The molecular weight excluding hydrogens is 412 g/mol. The Bertz CT molecular complexity index is 1240. The third kappa shape index (κ3) is 4.23. The first-order chi connectivity index (χ1) is 13.6. The molecule has 2 aromatic carbocycles. The van der Waals surface area contributed by atoms with Crippen LogP contribution in [0.15, 0.2) is 46.1 Å². The number of aromatic nitrogens is 1. The van der Waals surface area contributed by atoms with E-state index >= 15 is 0 Å².